The van der Waals surface area contributed by atoms with E-state index in [1.807, 2.05) is 115 Å². The predicted octanol–water partition coefficient (Wildman–Crippen LogP) is 7.42. The van der Waals surface area contributed by atoms with Gasteiger partial charge in [0.1, 0.15) is 24.3 Å². The quantitative estimate of drug-likeness (QED) is 0.164. The van der Waals surface area contributed by atoms with Gasteiger partial charge in [0.15, 0.2) is 0 Å². The van der Waals surface area contributed by atoms with Crippen LogP contribution in [-0.4, -0.2) is 46.5 Å². The Kier molecular flexibility index (Phi) is 9.71. The number of carbonyl (C=O) groups excluding carboxylic acids is 2. The molecule has 1 fully saturated rings. The minimum absolute atomic E-state index is 0.0723. The van der Waals surface area contributed by atoms with Crippen LogP contribution in [0, 0.1) is 0 Å². The fourth-order valence-electron chi connectivity index (χ4n) is 5.22. The predicted molar refractivity (Wildman–Crippen MR) is 176 cm³/mol. The van der Waals surface area contributed by atoms with Gasteiger partial charge in [-0.3, -0.25) is 0 Å². The summed E-state index contributed by atoms with van der Waals surface area (Å²) in [5.74, 6) is -1.05. The molecule has 0 aromatic heterocycles. The molecule has 6 nitrogen and oxygen atoms in total. The molecule has 0 bridgehead atoms. The summed E-state index contributed by atoms with van der Waals surface area (Å²) < 4.78 is 17.8. The first-order chi connectivity index (χ1) is 22.0. The molecule has 7 heteroatoms. The van der Waals surface area contributed by atoms with Gasteiger partial charge in [-0.2, -0.15) is 0 Å². The van der Waals surface area contributed by atoms with E-state index in [1.165, 1.54) is 11.8 Å². The van der Waals surface area contributed by atoms with Gasteiger partial charge in [0, 0.05) is 0 Å². The van der Waals surface area contributed by atoms with Gasteiger partial charge in [-0.15, -0.1) is 11.8 Å². The van der Waals surface area contributed by atoms with Gasteiger partial charge < -0.3 is 19.3 Å². The zero-order chi connectivity index (χ0) is 31.0. The lowest BCUT2D eigenvalue weighted by Gasteiger charge is -2.25. The van der Waals surface area contributed by atoms with E-state index in [0.29, 0.717) is 11.1 Å². The minimum Gasteiger partial charge on any atom is -0.461 e. The van der Waals surface area contributed by atoms with Crippen molar-refractivity contribution in [3.63, 3.8) is 0 Å². The summed E-state index contributed by atoms with van der Waals surface area (Å²) in [7, 11) is 0. The first-order valence-corrected chi connectivity index (χ1v) is 15.7. The van der Waals surface area contributed by atoms with Crippen molar-refractivity contribution in [2.45, 2.75) is 29.5 Å². The van der Waals surface area contributed by atoms with Crippen LogP contribution in [0.1, 0.15) is 26.3 Å². The van der Waals surface area contributed by atoms with Gasteiger partial charge in [0.25, 0.3) is 0 Å². The van der Waals surface area contributed by atoms with E-state index in [2.05, 4.69) is 0 Å². The monoisotopic (exact) mass is 616 g/mol. The summed E-state index contributed by atoms with van der Waals surface area (Å²) in [6, 6.07) is 43.7. The lowest BCUT2D eigenvalue weighted by Crippen LogP contribution is -2.40. The number of hydrogen-bond donors (Lipinski definition) is 1. The van der Waals surface area contributed by atoms with Crippen molar-refractivity contribution in [2.75, 3.05) is 6.61 Å². The highest BCUT2D eigenvalue weighted by molar-refractivity contribution is 8.00. The summed E-state index contributed by atoms with van der Waals surface area (Å²) in [6.45, 7) is 0.153. The van der Waals surface area contributed by atoms with Crippen molar-refractivity contribution in [3.8, 4) is 22.3 Å². The topological polar surface area (TPSA) is 82.1 Å². The lowest BCUT2D eigenvalue weighted by atomic mass is 10.0. The fourth-order valence-corrected chi connectivity index (χ4v) is 6.48. The summed E-state index contributed by atoms with van der Waals surface area (Å²) in [6.07, 6.45) is -1.68. The van der Waals surface area contributed by atoms with Gasteiger partial charge in [0.2, 0.25) is 0 Å². The second kappa shape index (κ2) is 14.4. The molecular formula is C38H32O6S. The highest BCUT2D eigenvalue weighted by Gasteiger charge is 2.47. The summed E-state index contributed by atoms with van der Waals surface area (Å²) in [5, 5.41) is 10.4. The molecule has 0 radical (unpaired) electrons. The molecule has 6 rings (SSSR count). The van der Waals surface area contributed by atoms with E-state index >= 15 is 0 Å². The van der Waals surface area contributed by atoms with Crippen LogP contribution in [0.2, 0.25) is 0 Å². The number of hydrogen-bond acceptors (Lipinski definition) is 7. The second-order valence-electron chi connectivity index (χ2n) is 10.7. The maximum Gasteiger partial charge on any atom is 0.338 e. The van der Waals surface area contributed by atoms with E-state index in [1.54, 1.807) is 24.3 Å². The van der Waals surface area contributed by atoms with Crippen LogP contribution in [-0.2, 0) is 20.8 Å². The van der Waals surface area contributed by atoms with Gasteiger partial charge in [-0.05, 0) is 52.1 Å². The molecule has 0 saturated carbocycles. The van der Waals surface area contributed by atoms with Crippen LogP contribution in [0.5, 0.6) is 0 Å². The largest absolute Gasteiger partial charge is 0.461 e. The van der Waals surface area contributed by atoms with Crippen molar-refractivity contribution >= 4 is 23.7 Å². The number of aliphatic hydroxyl groups is 1. The van der Waals surface area contributed by atoms with Crippen LogP contribution in [0.15, 0.2) is 140 Å². The molecule has 1 unspecified atom stereocenters. The van der Waals surface area contributed by atoms with Crippen LogP contribution in [0.4, 0.5) is 0 Å². The molecule has 5 aromatic carbocycles. The van der Waals surface area contributed by atoms with Gasteiger partial charge >= 0.3 is 11.9 Å². The molecule has 1 aliphatic heterocycles. The van der Waals surface area contributed by atoms with Crippen LogP contribution in [0.3, 0.4) is 0 Å². The van der Waals surface area contributed by atoms with Crippen LogP contribution < -0.4 is 0 Å². The molecule has 1 N–H and O–H groups in total. The Morgan fingerprint density at radius 3 is 1.58 bits per heavy atom. The molecular weight excluding hydrogens is 584 g/mol. The number of aliphatic hydroxyl groups excluding tert-OH is 1. The SMILES string of the molecule is O=C(OC[C@H]1SC(O)[C@@H](OCc2ccccc2)[C@H]1OC(=O)c1ccc(-c2ccccc2)cc1)c1ccc(-c2ccccc2)cc1. The number of carbonyl (C=O) groups is 2. The van der Waals surface area contributed by atoms with Crippen molar-refractivity contribution in [3.05, 3.63) is 156 Å². The standard InChI is InChI=1S/C38H32O6S/c39-36(31-20-16-29(17-21-31)27-12-6-2-7-13-27)43-25-33-34(35(38(41)45-33)42-24-26-10-4-1-5-11-26)44-37(40)32-22-18-30(19-23-32)28-14-8-3-9-15-28/h1-23,33-35,38,41H,24-25H2/t33-,34+,35+,38?/m1/s1. The maximum absolute atomic E-state index is 13.4. The van der Waals surface area contributed by atoms with Gasteiger partial charge in [-0.1, -0.05) is 115 Å². The zero-order valence-electron chi connectivity index (χ0n) is 24.4. The Labute approximate surface area is 266 Å². The van der Waals surface area contributed by atoms with E-state index < -0.39 is 34.8 Å². The van der Waals surface area contributed by atoms with Crippen molar-refractivity contribution in [2.24, 2.45) is 0 Å². The molecule has 1 saturated heterocycles. The number of ether oxygens (including phenoxy) is 3. The van der Waals surface area contributed by atoms with Crippen molar-refractivity contribution < 1.29 is 28.9 Å². The molecule has 4 atom stereocenters. The Bertz CT molecular complexity index is 1690. The van der Waals surface area contributed by atoms with E-state index in [4.69, 9.17) is 14.2 Å². The fraction of sp³-hybridized carbons (Fsp3) is 0.158. The third-order valence-electron chi connectivity index (χ3n) is 7.65. The zero-order valence-corrected chi connectivity index (χ0v) is 25.2. The highest BCUT2D eigenvalue weighted by atomic mass is 32.2. The average molecular weight is 617 g/mol. The number of esters is 2. The highest BCUT2D eigenvalue weighted by Crippen LogP contribution is 2.38. The van der Waals surface area contributed by atoms with Gasteiger partial charge in [-0.25, -0.2) is 9.59 Å². The third kappa shape index (κ3) is 7.52. The number of thioether (sulfide) groups is 1. The molecule has 226 valence electrons. The average Bonchev–Trinajstić information content (AvgIpc) is 3.40. The normalized spacial score (nSPS) is 19.1. The molecule has 0 aliphatic carbocycles. The minimum atomic E-state index is -0.985. The Morgan fingerprint density at radius 2 is 1.04 bits per heavy atom. The number of rotatable bonds is 10. The smallest absolute Gasteiger partial charge is 0.338 e. The molecule has 0 spiro atoms. The Hall–Kier alpha value is -4.69. The molecule has 1 aliphatic rings. The van der Waals surface area contributed by atoms with E-state index in [0.717, 1.165) is 27.8 Å². The summed E-state index contributed by atoms with van der Waals surface area (Å²) in [5.41, 5.74) is 4.77. The molecule has 5 aromatic rings. The van der Waals surface area contributed by atoms with Crippen molar-refractivity contribution in [1.82, 2.24) is 0 Å². The maximum atomic E-state index is 13.4. The molecule has 45 heavy (non-hydrogen) atoms. The van der Waals surface area contributed by atoms with E-state index in [9.17, 15) is 14.7 Å². The second-order valence-corrected chi connectivity index (χ2v) is 12.0. The molecule has 0 amide bonds. The number of benzene rings is 5. The first kappa shape index (κ1) is 30.3. The summed E-state index contributed by atoms with van der Waals surface area (Å²) in [4.78, 5) is 26.3. The van der Waals surface area contributed by atoms with Crippen LogP contribution >= 0.6 is 11.8 Å². The first-order valence-electron chi connectivity index (χ1n) is 14.7. The molecule has 1 heterocycles. The Balaban J connectivity index is 1.15. The Morgan fingerprint density at radius 1 is 0.578 bits per heavy atom. The van der Waals surface area contributed by atoms with E-state index in [-0.39, 0.29) is 13.2 Å². The summed E-state index contributed by atoms with van der Waals surface area (Å²) >= 11 is 1.17. The lowest BCUT2D eigenvalue weighted by molar-refractivity contribution is -0.0821. The van der Waals surface area contributed by atoms with Crippen LogP contribution in [0.25, 0.3) is 22.3 Å². The third-order valence-corrected chi connectivity index (χ3v) is 8.95. The van der Waals surface area contributed by atoms with Crippen molar-refractivity contribution in [1.29, 1.82) is 0 Å². The van der Waals surface area contributed by atoms with Gasteiger partial charge in [0.05, 0.1) is 23.0 Å².